The first-order valence-electron chi connectivity index (χ1n) is 6.41. The number of carbonyl (C=O) groups is 1. The Morgan fingerprint density at radius 3 is 2.84 bits per heavy atom. The van der Waals surface area contributed by atoms with Crippen LogP contribution in [0.25, 0.3) is 10.9 Å². The van der Waals surface area contributed by atoms with Gasteiger partial charge < -0.3 is 15.0 Å². The van der Waals surface area contributed by atoms with Crippen LogP contribution in [0.15, 0.2) is 18.2 Å². The molecule has 2 N–H and O–H groups in total. The average molecular weight is 260 g/mol. The van der Waals surface area contributed by atoms with Gasteiger partial charge in [-0.25, -0.2) is 0 Å². The maximum Gasteiger partial charge on any atom is 0.251 e. The molecule has 0 saturated carbocycles. The minimum atomic E-state index is -0.0651. The van der Waals surface area contributed by atoms with E-state index in [-0.39, 0.29) is 11.9 Å². The van der Waals surface area contributed by atoms with Crippen molar-refractivity contribution in [3.05, 3.63) is 35.0 Å². The van der Waals surface area contributed by atoms with Gasteiger partial charge in [0.25, 0.3) is 5.91 Å². The van der Waals surface area contributed by atoms with E-state index in [0.717, 1.165) is 16.6 Å². The summed E-state index contributed by atoms with van der Waals surface area (Å²) in [5.74, 6) is -0.0651. The third-order valence-electron chi connectivity index (χ3n) is 3.36. The van der Waals surface area contributed by atoms with Gasteiger partial charge in [-0.1, -0.05) is 0 Å². The van der Waals surface area contributed by atoms with Gasteiger partial charge in [-0.05, 0) is 44.5 Å². The van der Waals surface area contributed by atoms with Gasteiger partial charge in [0.1, 0.15) is 0 Å². The molecule has 0 radical (unpaired) electrons. The van der Waals surface area contributed by atoms with Gasteiger partial charge in [-0.2, -0.15) is 0 Å². The number of amides is 1. The molecule has 2 aromatic rings. The first-order chi connectivity index (χ1) is 9.02. The standard InChI is InChI=1S/C15H20N2O2/c1-9(8-19-4)16-15(18)12-5-6-14-13(7-12)10(2)11(3)17-14/h5-7,9,17H,8H2,1-4H3,(H,16,18)/t9-/m1/s1. The van der Waals surface area contributed by atoms with Gasteiger partial charge in [0.15, 0.2) is 0 Å². The highest BCUT2D eigenvalue weighted by Crippen LogP contribution is 2.22. The number of hydrogen-bond acceptors (Lipinski definition) is 2. The van der Waals surface area contributed by atoms with Crippen LogP contribution in [0.5, 0.6) is 0 Å². The van der Waals surface area contributed by atoms with Gasteiger partial charge >= 0.3 is 0 Å². The molecule has 0 unspecified atom stereocenters. The van der Waals surface area contributed by atoms with Crippen molar-refractivity contribution in [2.75, 3.05) is 13.7 Å². The normalized spacial score (nSPS) is 12.6. The Morgan fingerprint density at radius 1 is 1.42 bits per heavy atom. The minimum Gasteiger partial charge on any atom is -0.383 e. The van der Waals surface area contributed by atoms with Crippen LogP contribution < -0.4 is 5.32 Å². The van der Waals surface area contributed by atoms with E-state index in [4.69, 9.17) is 4.74 Å². The van der Waals surface area contributed by atoms with E-state index in [1.807, 2.05) is 32.0 Å². The topological polar surface area (TPSA) is 54.1 Å². The van der Waals surface area contributed by atoms with Crippen LogP contribution in [0, 0.1) is 13.8 Å². The van der Waals surface area contributed by atoms with Crippen molar-refractivity contribution in [3.63, 3.8) is 0 Å². The van der Waals surface area contributed by atoms with E-state index in [1.165, 1.54) is 5.56 Å². The molecule has 0 fully saturated rings. The molecular formula is C15H20N2O2. The Hall–Kier alpha value is -1.81. The zero-order valence-corrected chi connectivity index (χ0v) is 11.8. The molecule has 0 aliphatic heterocycles. The molecule has 1 aromatic carbocycles. The second kappa shape index (κ2) is 5.45. The summed E-state index contributed by atoms with van der Waals surface area (Å²) < 4.78 is 5.01. The highest BCUT2D eigenvalue weighted by Gasteiger charge is 2.12. The lowest BCUT2D eigenvalue weighted by Gasteiger charge is -2.12. The number of aromatic nitrogens is 1. The van der Waals surface area contributed by atoms with Gasteiger partial charge in [0.05, 0.1) is 6.61 Å². The second-order valence-electron chi connectivity index (χ2n) is 4.97. The number of ether oxygens (including phenoxy) is 1. The molecule has 1 heterocycles. The maximum atomic E-state index is 12.1. The summed E-state index contributed by atoms with van der Waals surface area (Å²) in [6.45, 7) is 6.53. The summed E-state index contributed by atoms with van der Waals surface area (Å²) in [5, 5.41) is 4.02. The number of H-pyrrole nitrogens is 1. The summed E-state index contributed by atoms with van der Waals surface area (Å²) in [6.07, 6.45) is 0. The minimum absolute atomic E-state index is 0.00209. The molecule has 1 atom stereocenters. The van der Waals surface area contributed by atoms with Gasteiger partial charge in [0.2, 0.25) is 0 Å². The third kappa shape index (κ3) is 2.79. The number of aryl methyl sites for hydroxylation is 2. The Morgan fingerprint density at radius 2 is 2.16 bits per heavy atom. The Balaban J connectivity index is 2.25. The average Bonchev–Trinajstić information content (AvgIpc) is 2.65. The molecule has 102 valence electrons. The Bertz CT molecular complexity index is 601. The van der Waals surface area contributed by atoms with Crippen molar-refractivity contribution in [1.82, 2.24) is 10.3 Å². The largest absolute Gasteiger partial charge is 0.383 e. The SMILES string of the molecule is COC[C@@H](C)NC(=O)c1ccc2[nH]c(C)c(C)c2c1. The fourth-order valence-corrected chi connectivity index (χ4v) is 2.20. The highest BCUT2D eigenvalue weighted by atomic mass is 16.5. The fourth-order valence-electron chi connectivity index (χ4n) is 2.20. The second-order valence-corrected chi connectivity index (χ2v) is 4.97. The quantitative estimate of drug-likeness (QED) is 0.887. The molecule has 19 heavy (non-hydrogen) atoms. The van der Waals surface area contributed by atoms with Crippen molar-refractivity contribution < 1.29 is 9.53 Å². The number of nitrogens with one attached hydrogen (secondary N) is 2. The van der Waals surface area contributed by atoms with Crippen LogP contribution in [0.1, 0.15) is 28.5 Å². The molecule has 4 nitrogen and oxygen atoms in total. The number of carbonyl (C=O) groups excluding carboxylic acids is 1. The van der Waals surface area contributed by atoms with Gasteiger partial charge in [0, 0.05) is 35.3 Å². The van der Waals surface area contributed by atoms with Crippen LogP contribution in [0.4, 0.5) is 0 Å². The number of fused-ring (bicyclic) bond motifs is 1. The van der Waals surface area contributed by atoms with Crippen molar-refractivity contribution in [2.24, 2.45) is 0 Å². The molecule has 1 aromatic heterocycles. The smallest absolute Gasteiger partial charge is 0.251 e. The molecular weight excluding hydrogens is 240 g/mol. The zero-order chi connectivity index (χ0) is 14.0. The molecule has 1 amide bonds. The predicted molar refractivity (Wildman–Crippen MR) is 76.6 cm³/mol. The number of benzene rings is 1. The van der Waals surface area contributed by atoms with Crippen LogP contribution in [-0.2, 0) is 4.74 Å². The Labute approximate surface area is 113 Å². The number of hydrogen-bond donors (Lipinski definition) is 2. The fraction of sp³-hybridized carbons (Fsp3) is 0.400. The van der Waals surface area contributed by atoms with Crippen molar-refractivity contribution in [1.29, 1.82) is 0 Å². The molecule has 2 rings (SSSR count). The van der Waals surface area contributed by atoms with Gasteiger partial charge in [-0.15, -0.1) is 0 Å². The monoisotopic (exact) mass is 260 g/mol. The van der Waals surface area contributed by atoms with Crippen LogP contribution >= 0.6 is 0 Å². The first-order valence-corrected chi connectivity index (χ1v) is 6.41. The van der Waals surface area contributed by atoms with E-state index in [2.05, 4.69) is 17.2 Å². The summed E-state index contributed by atoms with van der Waals surface area (Å²) >= 11 is 0. The molecule has 0 spiro atoms. The molecule has 0 bridgehead atoms. The summed E-state index contributed by atoms with van der Waals surface area (Å²) in [5.41, 5.74) is 4.07. The molecule has 0 aliphatic carbocycles. The van der Waals surface area contributed by atoms with E-state index in [9.17, 15) is 4.79 Å². The van der Waals surface area contributed by atoms with Crippen molar-refractivity contribution in [3.8, 4) is 0 Å². The van der Waals surface area contributed by atoms with Crippen molar-refractivity contribution in [2.45, 2.75) is 26.8 Å². The summed E-state index contributed by atoms with van der Waals surface area (Å²) in [6, 6.07) is 5.73. The summed E-state index contributed by atoms with van der Waals surface area (Å²) in [7, 11) is 1.63. The lowest BCUT2D eigenvalue weighted by atomic mass is 10.1. The number of rotatable bonds is 4. The van der Waals surface area contributed by atoms with Crippen molar-refractivity contribution >= 4 is 16.8 Å². The first kappa shape index (κ1) is 13.6. The third-order valence-corrected chi connectivity index (χ3v) is 3.36. The van der Waals surface area contributed by atoms with E-state index < -0.39 is 0 Å². The van der Waals surface area contributed by atoms with Gasteiger partial charge in [-0.3, -0.25) is 4.79 Å². The molecule has 4 heteroatoms. The molecule has 0 saturated heterocycles. The zero-order valence-electron chi connectivity index (χ0n) is 11.8. The van der Waals surface area contributed by atoms with E-state index >= 15 is 0 Å². The number of aromatic amines is 1. The van der Waals surface area contributed by atoms with Crippen LogP contribution in [-0.4, -0.2) is 30.6 Å². The highest BCUT2D eigenvalue weighted by molar-refractivity contribution is 5.99. The Kier molecular flexibility index (Phi) is 3.90. The predicted octanol–water partition coefficient (Wildman–Crippen LogP) is 2.55. The van der Waals surface area contributed by atoms with Crippen LogP contribution in [0.2, 0.25) is 0 Å². The number of methoxy groups -OCH3 is 1. The van der Waals surface area contributed by atoms with E-state index in [1.54, 1.807) is 7.11 Å². The summed E-state index contributed by atoms with van der Waals surface area (Å²) in [4.78, 5) is 15.4. The maximum absolute atomic E-state index is 12.1. The lowest BCUT2D eigenvalue weighted by molar-refractivity contribution is 0.0905. The van der Waals surface area contributed by atoms with Crippen LogP contribution in [0.3, 0.4) is 0 Å². The van der Waals surface area contributed by atoms with E-state index in [0.29, 0.717) is 12.2 Å². The molecule has 0 aliphatic rings. The lowest BCUT2D eigenvalue weighted by Crippen LogP contribution is -2.35.